The van der Waals surface area contributed by atoms with E-state index in [9.17, 15) is 22.4 Å². The Hall–Kier alpha value is -3.92. The molecule has 0 aliphatic rings. The molecule has 0 fully saturated rings. The predicted molar refractivity (Wildman–Crippen MR) is 125 cm³/mol. The monoisotopic (exact) mass is 485 g/mol. The number of amides is 2. The number of sulfonamides is 1. The van der Waals surface area contributed by atoms with Crippen LogP contribution in [0, 0.1) is 5.82 Å². The van der Waals surface area contributed by atoms with Crippen molar-refractivity contribution < 1.29 is 27.1 Å². The summed E-state index contributed by atoms with van der Waals surface area (Å²) in [5.74, 6) is -1.61. The van der Waals surface area contributed by atoms with Crippen LogP contribution < -0.4 is 14.8 Å². The maximum Gasteiger partial charge on any atom is 0.264 e. The van der Waals surface area contributed by atoms with Gasteiger partial charge in [-0.25, -0.2) is 12.8 Å². The van der Waals surface area contributed by atoms with Gasteiger partial charge in [0, 0.05) is 19.7 Å². The van der Waals surface area contributed by atoms with Gasteiger partial charge in [0.05, 0.1) is 17.7 Å². The van der Waals surface area contributed by atoms with Gasteiger partial charge in [-0.1, -0.05) is 24.3 Å². The largest absolute Gasteiger partial charge is 0.495 e. The number of rotatable bonds is 8. The van der Waals surface area contributed by atoms with Crippen molar-refractivity contribution in [3.63, 3.8) is 0 Å². The van der Waals surface area contributed by atoms with Crippen LogP contribution in [-0.4, -0.2) is 46.3 Å². The van der Waals surface area contributed by atoms with E-state index in [0.717, 1.165) is 15.3 Å². The lowest BCUT2D eigenvalue weighted by Crippen LogP contribution is -2.39. The zero-order valence-corrected chi connectivity index (χ0v) is 19.6. The van der Waals surface area contributed by atoms with Crippen molar-refractivity contribution in [3.05, 3.63) is 89.7 Å². The maximum absolute atomic E-state index is 13.6. The van der Waals surface area contributed by atoms with Crippen LogP contribution in [0.4, 0.5) is 10.1 Å². The zero-order valence-electron chi connectivity index (χ0n) is 18.8. The smallest absolute Gasteiger partial charge is 0.264 e. The molecular weight excluding hydrogens is 461 g/mol. The average Bonchev–Trinajstić information content (AvgIpc) is 2.83. The summed E-state index contributed by atoms with van der Waals surface area (Å²) in [5, 5.41) is 0. The molecule has 2 amide bonds. The first kappa shape index (κ1) is 24.7. The van der Waals surface area contributed by atoms with E-state index in [1.165, 1.54) is 63.7 Å². The lowest BCUT2D eigenvalue weighted by Gasteiger charge is -2.26. The second kappa shape index (κ2) is 9.92. The standard InChI is InChI=1S/C24H24FN3O5S/c1-27(22(23(26)29)17-7-6-8-18(25)15-17)24(30)16-11-13-19(14-12-16)34(31,32)28(2)20-9-4-5-10-21(20)33-3/h4-15,22H,1-3H3,(H2,26,29). The molecule has 0 saturated carbocycles. The van der Waals surface area contributed by atoms with E-state index in [-0.39, 0.29) is 16.0 Å². The second-order valence-corrected chi connectivity index (χ2v) is 9.41. The highest BCUT2D eigenvalue weighted by Gasteiger charge is 2.29. The molecule has 178 valence electrons. The minimum Gasteiger partial charge on any atom is -0.495 e. The minimum atomic E-state index is -3.95. The van der Waals surface area contributed by atoms with E-state index in [2.05, 4.69) is 0 Å². The molecule has 0 aliphatic carbocycles. The average molecular weight is 486 g/mol. The molecule has 1 atom stereocenters. The van der Waals surface area contributed by atoms with Crippen molar-refractivity contribution in [1.29, 1.82) is 0 Å². The Morgan fingerprint density at radius 2 is 1.62 bits per heavy atom. The Balaban J connectivity index is 1.88. The van der Waals surface area contributed by atoms with Gasteiger partial charge in [0.1, 0.15) is 17.6 Å². The van der Waals surface area contributed by atoms with Crippen molar-refractivity contribution in [3.8, 4) is 5.75 Å². The Bertz CT molecular complexity index is 1310. The highest BCUT2D eigenvalue weighted by atomic mass is 32.2. The number of hydrogen-bond acceptors (Lipinski definition) is 5. The number of carbonyl (C=O) groups is 2. The van der Waals surface area contributed by atoms with Gasteiger partial charge in [0.2, 0.25) is 5.91 Å². The molecule has 0 aliphatic heterocycles. The Kier molecular flexibility index (Phi) is 7.21. The predicted octanol–water partition coefficient (Wildman–Crippen LogP) is 2.96. The summed E-state index contributed by atoms with van der Waals surface area (Å²) in [6.07, 6.45) is 0. The fourth-order valence-corrected chi connectivity index (χ4v) is 4.73. The van der Waals surface area contributed by atoms with E-state index in [1.54, 1.807) is 24.3 Å². The number of nitrogens with zero attached hydrogens (tertiary/aromatic N) is 2. The number of carbonyl (C=O) groups excluding carboxylic acids is 2. The number of hydrogen-bond donors (Lipinski definition) is 1. The molecule has 0 saturated heterocycles. The van der Waals surface area contributed by atoms with Gasteiger partial charge in [-0.3, -0.25) is 13.9 Å². The number of nitrogens with two attached hydrogens (primary N) is 1. The van der Waals surface area contributed by atoms with Crippen LogP contribution in [0.5, 0.6) is 5.75 Å². The summed E-state index contributed by atoms with van der Waals surface area (Å²) in [5.41, 5.74) is 6.18. The van der Waals surface area contributed by atoms with Gasteiger partial charge in [-0.2, -0.15) is 0 Å². The summed E-state index contributed by atoms with van der Waals surface area (Å²) in [7, 11) is 0.255. The Morgan fingerprint density at radius 3 is 2.21 bits per heavy atom. The van der Waals surface area contributed by atoms with Crippen LogP contribution in [-0.2, 0) is 14.8 Å². The Morgan fingerprint density at radius 1 is 0.971 bits per heavy atom. The third-order valence-electron chi connectivity index (χ3n) is 5.33. The van der Waals surface area contributed by atoms with E-state index in [0.29, 0.717) is 11.4 Å². The molecule has 3 aromatic carbocycles. The molecule has 0 spiro atoms. The third-order valence-corrected chi connectivity index (χ3v) is 7.11. The molecular formula is C24H24FN3O5S. The first-order valence-corrected chi connectivity index (χ1v) is 11.6. The van der Waals surface area contributed by atoms with Gasteiger partial charge in [-0.15, -0.1) is 0 Å². The van der Waals surface area contributed by atoms with Crippen molar-refractivity contribution in [2.45, 2.75) is 10.9 Å². The summed E-state index contributed by atoms with van der Waals surface area (Å²) in [6, 6.07) is 16.0. The van der Waals surface area contributed by atoms with Crippen LogP contribution in [0.15, 0.2) is 77.7 Å². The van der Waals surface area contributed by atoms with Gasteiger partial charge >= 0.3 is 0 Å². The number of ether oxygens (including phenoxy) is 1. The van der Waals surface area contributed by atoms with E-state index in [1.807, 2.05) is 0 Å². The molecule has 0 heterocycles. The first-order chi connectivity index (χ1) is 16.1. The van der Waals surface area contributed by atoms with Crippen LogP contribution >= 0.6 is 0 Å². The fraction of sp³-hybridized carbons (Fsp3) is 0.167. The summed E-state index contributed by atoms with van der Waals surface area (Å²) >= 11 is 0. The Labute approximate surface area is 197 Å². The molecule has 0 bridgehead atoms. The van der Waals surface area contributed by atoms with Crippen LogP contribution in [0.3, 0.4) is 0 Å². The molecule has 2 N–H and O–H groups in total. The maximum atomic E-state index is 13.6. The van der Waals surface area contributed by atoms with Crippen LogP contribution in [0.25, 0.3) is 0 Å². The number of likely N-dealkylation sites (N-methyl/N-ethyl adjacent to an activating group) is 1. The lowest BCUT2D eigenvalue weighted by atomic mass is 10.0. The van der Waals surface area contributed by atoms with Crippen molar-refractivity contribution in [2.24, 2.45) is 5.73 Å². The highest BCUT2D eigenvalue weighted by molar-refractivity contribution is 7.92. The molecule has 0 radical (unpaired) electrons. The summed E-state index contributed by atoms with van der Waals surface area (Å²) in [6.45, 7) is 0. The van der Waals surface area contributed by atoms with Crippen LogP contribution in [0.1, 0.15) is 22.0 Å². The number of para-hydroxylation sites is 2. The highest BCUT2D eigenvalue weighted by Crippen LogP contribution is 2.31. The van der Waals surface area contributed by atoms with Crippen molar-refractivity contribution in [1.82, 2.24) is 4.90 Å². The van der Waals surface area contributed by atoms with Gasteiger partial charge in [0.25, 0.3) is 15.9 Å². The minimum absolute atomic E-state index is 0.0447. The van der Waals surface area contributed by atoms with Gasteiger partial charge < -0.3 is 15.4 Å². The molecule has 34 heavy (non-hydrogen) atoms. The number of halogens is 1. The first-order valence-electron chi connectivity index (χ1n) is 10.1. The van der Waals surface area contributed by atoms with Crippen LogP contribution in [0.2, 0.25) is 0 Å². The van der Waals surface area contributed by atoms with E-state index in [4.69, 9.17) is 10.5 Å². The number of benzene rings is 3. The number of anilines is 1. The molecule has 8 nitrogen and oxygen atoms in total. The van der Waals surface area contributed by atoms with Crippen molar-refractivity contribution in [2.75, 3.05) is 25.5 Å². The molecule has 1 unspecified atom stereocenters. The van der Waals surface area contributed by atoms with E-state index < -0.39 is 33.7 Å². The number of primary amides is 1. The van der Waals surface area contributed by atoms with Gasteiger partial charge in [-0.05, 0) is 54.1 Å². The summed E-state index contributed by atoms with van der Waals surface area (Å²) < 4.78 is 46.2. The lowest BCUT2D eigenvalue weighted by molar-refractivity contribution is -0.122. The zero-order chi connectivity index (χ0) is 25.0. The van der Waals surface area contributed by atoms with Gasteiger partial charge in [0.15, 0.2) is 0 Å². The second-order valence-electron chi connectivity index (χ2n) is 7.44. The topological polar surface area (TPSA) is 110 Å². The normalized spacial score (nSPS) is 12.0. The number of methoxy groups -OCH3 is 1. The van der Waals surface area contributed by atoms with E-state index >= 15 is 0 Å². The molecule has 3 rings (SSSR count). The summed E-state index contributed by atoms with van der Waals surface area (Å²) in [4.78, 5) is 26.1. The molecule has 0 aromatic heterocycles. The molecule has 10 heteroatoms. The molecule has 3 aromatic rings. The fourth-order valence-electron chi connectivity index (χ4n) is 3.52. The third kappa shape index (κ3) is 4.86. The quantitative estimate of drug-likeness (QED) is 0.528. The van der Waals surface area contributed by atoms with Crippen molar-refractivity contribution >= 4 is 27.5 Å². The SMILES string of the molecule is COc1ccccc1N(C)S(=O)(=O)c1ccc(C(=O)N(C)C(C(N)=O)c2cccc(F)c2)cc1.